The molecule has 58 heavy (non-hydrogen) atoms. The van der Waals surface area contributed by atoms with Gasteiger partial charge in [-0.05, 0) is 96.0 Å². The Bertz CT molecular complexity index is 3460. The van der Waals surface area contributed by atoms with Crippen molar-refractivity contribution in [2.45, 2.75) is 0 Å². The number of hydrogen-bond donors (Lipinski definition) is 0. The molecule has 0 spiro atoms. The third-order valence-electron chi connectivity index (χ3n) is 12.7. The molecule has 0 aliphatic carbocycles. The minimum absolute atomic E-state index is 1.21. The molecule has 0 amide bonds. The van der Waals surface area contributed by atoms with Crippen molar-refractivity contribution in [1.82, 2.24) is 9.13 Å². The molecule has 10 aromatic carbocycles. The monoisotopic (exact) mass is 738 g/mol. The third-order valence-corrected chi connectivity index (χ3v) is 12.7. The normalized spacial score (nSPS) is 12.0. The van der Waals surface area contributed by atoms with Crippen LogP contribution in [-0.2, 0) is 14.1 Å². The van der Waals surface area contributed by atoms with Crippen molar-refractivity contribution in [3.8, 4) is 44.5 Å². The van der Waals surface area contributed by atoms with Crippen molar-refractivity contribution in [3.63, 3.8) is 0 Å². The molecule has 0 saturated carbocycles. The van der Waals surface area contributed by atoms with Crippen molar-refractivity contribution in [2.24, 2.45) is 14.1 Å². The zero-order chi connectivity index (χ0) is 38.5. The van der Waals surface area contributed by atoms with Crippen LogP contribution < -0.4 is 0 Å². The molecule has 2 nitrogen and oxygen atoms in total. The summed E-state index contributed by atoms with van der Waals surface area (Å²) >= 11 is 0. The number of hydrogen-bond acceptors (Lipinski definition) is 0. The topological polar surface area (TPSA) is 9.86 Å². The summed E-state index contributed by atoms with van der Waals surface area (Å²) in [6.07, 6.45) is 0. The van der Waals surface area contributed by atoms with E-state index in [2.05, 4.69) is 217 Å². The molecule has 12 rings (SSSR count). The molecule has 0 atom stereocenters. The first-order chi connectivity index (χ1) is 28.6. The fraction of sp³-hybridized carbons (Fsp3) is 0.0357. The van der Waals surface area contributed by atoms with Crippen molar-refractivity contribution in [3.05, 3.63) is 194 Å². The number of aromatic nitrogens is 2. The molecule has 0 bridgehead atoms. The first kappa shape index (κ1) is 32.8. The summed E-state index contributed by atoms with van der Waals surface area (Å²) in [4.78, 5) is 0. The van der Waals surface area contributed by atoms with Crippen LogP contribution in [0.4, 0.5) is 0 Å². The molecule has 0 unspecified atom stereocenters. The average Bonchev–Trinajstić information content (AvgIpc) is 3.75. The zero-order valence-corrected chi connectivity index (χ0v) is 32.4. The summed E-state index contributed by atoms with van der Waals surface area (Å²) in [6, 6.07) is 72.0. The molecule has 0 N–H and O–H groups in total. The van der Waals surface area contributed by atoms with Gasteiger partial charge in [-0.3, -0.25) is 0 Å². The highest BCUT2D eigenvalue weighted by molar-refractivity contribution is 6.24. The maximum Gasteiger partial charge on any atom is 0.0568 e. The van der Waals surface area contributed by atoms with Crippen molar-refractivity contribution >= 4 is 75.9 Å². The summed E-state index contributed by atoms with van der Waals surface area (Å²) in [7, 11) is 4.42. The Hall–Kier alpha value is -7.42. The first-order valence-electron chi connectivity index (χ1n) is 20.1. The quantitative estimate of drug-likeness (QED) is 0.159. The number of fused-ring (bicyclic) bond motifs is 9. The minimum Gasteiger partial charge on any atom is -0.343 e. The second-order valence-corrected chi connectivity index (χ2v) is 15.7. The van der Waals surface area contributed by atoms with Crippen LogP contribution in [0.2, 0.25) is 0 Å². The molecule has 2 heteroatoms. The van der Waals surface area contributed by atoms with Crippen molar-refractivity contribution < 1.29 is 0 Å². The summed E-state index contributed by atoms with van der Waals surface area (Å²) in [5, 5.41) is 12.6. The number of benzene rings is 10. The smallest absolute Gasteiger partial charge is 0.0568 e. The molecule has 2 heterocycles. The second-order valence-electron chi connectivity index (χ2n) is 15.7. The summed E-state index contributed by atoms with van der Waals surface area (Å²) in [5.41, 5.74) is 14.9. The highest BCUT2D eigenvalue weighted by Gasteiger charge is 2.22. The highest BCUT2D eigenvalue weighted by Crippen LogP contribution is 2.48. The van der Waals surface area contributed by atoms with E-state index in [1.165, 1.54) is 120 Å². The van der Waals surface area contributed by atoms with Gasteiger partial charge in [0.2, 0.25) is 0 Å². The molecule has 0 saturated heterocycles. The van der Waals surface area contributed by atoms with E-state index in [0.29, 0.717) is 0 Å². The lowest BCUT2D eigenvalue weighted by Crippen LogP contribution is -1.95. The summed E-state index contributed by atoms with van der Waals surface area (Å²) in [5.74, 6) is 0. The van der Waals surface area contributed by atoms with Gasteiger partial charge in [-0.2, -0.15) is 0 Å². The van der Waals surface area contributed by atoms with E-state index in [1.54, 1.807) is 0 Å². The lowest BCUT2D eigenvalue weighted by molar-refractivity contribution is 1.02. The Morgan fingerprint density at radius 1 is 0.276 bits per heavy atom. The van der Waals surface area contributed by atoms with Crippen LogP contribution in [0, 0.1) is 0 Å². The lowest BCUT2D eigenvalue weighted by Gasteiger charge is -2.20. The average molecular weight is 739 g/mol. The van der Waals surface area contributed by atoms with Crippen LogP contribution in [0.1, 0.15) is 0 Å². The Balaban J connectivity index is 1.26. The van der Waals surface area contributed by atoms with Gasteiger partial charge in [-0.15, -0.1) is 0 Å². The Morgan fingerprint density at radius 3 is 1.29 bits per heavy atom. The molecule has 0 aliphatic rings. The van der Waals surface area contributed by atoms with Gasteiger partial charge in [0, 0.05) is 57.8 Å². The highest BCUT2D eigenvalue weighted by atomic mass is 14.9. The van der Waals surface area contributed by atoms with Gasteiger partial charge >= 0.3 is 0 Å². The van der Waals surface area contributed by atoms with Gasteiger partial charge in [0.1, 0.15) is 0 Å². The maximum absolute atomic E-state index is 2.49. The number of aryl methyl sites for hydroxylation is 2. The number of nitrogens with zero attached hydrogens (tertiary/aromatic N) is 2. The van der Waals surface area contributed by atoms with E-state index in [0.717, 1.165) is 0 Å². The predicted molar refractivity (Wildman–Crippen MR) is 249 cm³/mol. The van der Waals surface area contributed by atoms with E-state index in [4.69, 9.17) is 0 Å². The van der Waals surface area contributed by atoms with Crippen LogP contribution in [0.3, 0.4) is 0 Å². The molecule has 0 fully saturated rings. The molecule has 2 aromatic heterocycles. The van der Waals surface area contributed by atoms with Crippen LogP contribution in [0.15, 0.2) is 194 Å². The number of para-hydroxylation sites is 4. The lowest BCUT2D eigenvalue weighted by atomic mass is 9.83. The Morgan fingerprint density at radius 2 is 0.724 bits per heavy atom. The van der Waals surface area contributed by atoms with E-state index in [-0.39, 0.29) is 0 Å². The molecular weight excluding hydrogens is 701 g/mol. The fourth-order valence-corrected chi connectivity index (χ4v) is 10.1. The molecule has 0 radical (unpaired) electrons. The van der Waals surface area contributed by atoms with Gasteiger partial charge in [-0.1, -0.05) is 164 Å². The van der Waals surface area contributed by atoms with Crippen LogP contribution >= 0.6 is 0 Å². The van der Waals surface area contributed by atoms with E-state index >= 15 is 0 Å². The Labute approximate surface area is 336 Å². The summed E-state index contributed by atoms with van der Waals surface area (Å²) < 4.78 is 4.76. The first-order valence-corrected chi connectivity index (χ1v) is 20.1. The standard InChI is InChI=1S/C56H38N2/c1-57-52-30-10-8-20-41(52)47-28-14-26-45(55(47)57)39-22-12-24-43-49(39)34-50-40(46-27-15-29-48-42-21-9-11-31-53(42)58(2)56(46)48)23-13-25-44(50)54(43)51-33-37(35-16-4-3-5-17-35)32-36-18-6-7-19-38(36)51/h3-34H,1-2H3. The predicted octanol–water partition coefficient (Wildman–Crippen LogP) is 15.1. The molecule has 0 aliphatic heterocycles. The van der Waals surface area contributed by atoms with Gasteiger partial charge in [0.05, 0.1) is 11.0 Å². The van der Waals surface area contributed by atoms with Crippen molar-refractivity contribution in [2.75, 3.05) is 0 Å². The van der Waals surface area contributed by atoms with Gasteiger partial charge in [-0.25, -0.2) is 0 Å². The summed E-state index contributed by atoms with van der Waals surface area (Å²) in [6.45, 7) is 0. The van der Waals surface area contributed by atoms with E-state index in [1.807, 2.05) is 0 Å². The minimum atomic E-state index is 1.21. The van der Waals surface area contributed by atoms with E-state index in [9.17, 15) is 0 Å². The zero-order valence-electron chi connectivity index (χ0n) is 32.4. The largest absolute Gasteiger partial charge is 0.343 e. The second kappa shape index (κ2) is 12.5. The molecule has 12 aromatic rings. The SMILES string of the molecule is Cn1c2ccccc2c2cccc(-c3cccc4c(-c5cc(-c6ccccc6)cc6ccccc56)c5cccc(-c6cccc7c8ccccc8n(C)c67)c5cc34)c21. The van der Waals surface area contributed by atoms with Crippen LogP contribution in [-0.4, -0.2) is 9.13 Å². The van der Waals surface area contributed by atoms with Crippen LogP contribution in [0.25, 0.3) is 120 Å². The number of rotatable bonds is 4. The molecular formula is C56H38N2. The third kappa shape index (κ3) is 4.66. The van der Waals surface area contributed by atoms with Crippen LogP contribution in [0.5, 0.6) is 0 Å². The fourth-order valence-electron chi connectivity index (χ4n) is 10.1. The van der Waals surface area contributed by atoms with Gasteiger partial charge < -0.3 is 9.13 Å². The van der Waals surface area contributed by atoms with Gasteiger partial charge in [0.25, 0.3) is 0 Å². The van der Waals surface area contributed by atoms with E-state index < -0.39 is 0 Å². The van der Waals surface area contributed by atoms with Crippen molar-refractivity contribution in [1.29, 1.82) is 0 Å². The maximum atomic E-state index is 2.49. The Kier molecular flexibility index (Phi) is 7.09. The van der Waals surface area contributed by atoms with Gasteiger partial charge in [0.15, 0.2) is 0 Å². The molecule has 272 valence electrons.